The predicted molar refractivity (Wildman–Crippen MR) is 115 cm³/mol. The number of ether oxygens (including phenoxy) is 2. The molecule has 27 heavy (non-hydrogen) atoms. The van der Waals surface area contributed by atoms with Crippen molar-refractivity contribution >= 4 is 11.6 Å². The molecular weight excluding hydrogens is 358 g/mol. The van der Waals surface area contributed by atoms with E-state index in [4.69, 9.17) is 21.1 Å². The van der Waals surface area contributed by atoms with Gasteiger partial charge in [0.05, 0.1) is 0 Å². The molecule has 1 unspecified atom stereocenters. The maximum Gasteiger partial charge on any atom is 0.128 e. The number of benzene rings is 2. The summed E-state index contributed by atoms with van der Waals surface area (Å²) in [4.78, 5) is 0. The fourth-order valence-corrected chi connectivity index (χ4v) is 3.90. The molecule has 0 saturated carbocycles. The summed E-state index contributed by atoms with van der Waals surface area (Å²) < 4.78 is 12.6. The van der Waals surface area contributed by atoms with Gasteiger partial charge in [0, 0.05) is 12.5 Å². The fraction of sp³-hybridized carbons (Fsp3) is 0.478. The van der Waals surface area contributed by atoms with Crippen LogP contribution in [0, 0.1) is 19.8 Å². The van der Waals surface area contributed by atoms with Crippen LogP contribution in [0.1, 0.15) is 49.4 Å². The van der Waals surface area contributed by atoms with E-state index in [0.717, 1.165) is 17.7 Å². The molecule has 0 aliphatic rings. The molecule has 0 aliphatic heterocycles. The van der Waals surface area contributed by atoms with Gasteiger partial charge in [0.2, 0.25) is 0 Å². The molecule has 0 fully saturated rings. The quantitative estimate of drug-likeness (QED) is 0.492. The lowest BCUT2D eigenvalue weighted by Gasteiger charge is -2.38. The zero-order valence-corrected chi connectivity index (χ0v) is 18.1. The lowest BCUT2D eigenvalue weighted by molar-refractivity contribution is -0.0874. The van der Waals surface area contributed by atoms with Crippen LogP contribution >= 0.6 is 11.6 Å². The molecule has 0 bridgehead atoms. The van der Waals surface area contributed by atoms with Crippen LogP contribution < -0.4 is 10.9 Å². The second-order valence-corrected chi connectivity index (χ2v) is 7.57. The van der Waals surface area contributed by atoms with Crippen LogP contribution in [0.2, 0.25) is 0 Å². The number of hydrogen-bond acceptors (Lipinski definition) is 3. The number of para-hydroxylation sites is 1. The first-order valence-corrected chi connectivity index (χ1v) is 9.94. The van der Waals surface area contributed by atoms with E-state index in [9.17, 15) is 0 Å². The third kappa shape index (κ3) is 5.71. The monoisotopic (exact) mass is 391 g/mol. The summed E-state index contributed by atoms with van der Waals surface area (Å²) in [5, 5.41) is 0. The van der Waals surface area contributed by atoms with Gasteiger partial charge in [-0.05, 0) is 67.5 Å². The van der Waals surface area contributed by atoms with E-state index in [2.05, 4.69) is 39.8 Å². The molecule has 3 nitrogen and oxygen atoms in total. The smallest absolute Gasteiger partial charge is 0.128 e. The second-order valence-electron chi connectivity index (χ2n) is 7.30. The summed E-state index contributed by atoms with van der Waals surface area (Å²) >= 11 is 6.32. The standard InChI is InChI=1S/C23H31ClO2.H3N/c1-6-26-23(14-17(2)3,16-25-21-10-8-7-9-11-21)22-19(5)18(4)12-13-20(22)15-24;/h7-13,17H,6,14-16H2,1-5H3;1H3. The normalized spacial score (nSPS) is 13.1. The number of aryl methyl sites for hydroxylation is 1. The second kappa shape index (κ2) is 10.7. The molecule has 2 aromatic carbocycles. The van der Waals surface area contributed by atoms with Crippen LogP contribution in [-0.4, -0.2) is 13.2 Å². The molecule has 0 saturated heterocycles. The van der Waals surface area contributed by atoms with E-state index in [0.29, 0.717) is 25.0 Å². The largest absolute Gasteiger partial charge is 0.490 e. The summed E-state index contributed by atoms with van der Waals surface area (Å²) in [6.45, 7) is 11.9. The van der Waals surface area contributed by atoms with Gasteiger partial charge in [-0.1, -0.05) is 44.2 Å². The van der Waals surface area contributed by atoms with Gasteiger partial charge in [-0.3, -0.25) is 0 Å². The Kier molecular flexibility index (Phi) is 9.31. The molecule has 2 aromatic rings. The Labute approximate surface area is 169 Å². The minimum Gasteiger partial charge on any atom is -0.490 e. The Hall–Kier alpha value is -1.55. The van der Waals surface area contributed by atoms with Crippen molar-refractivity contribution in [2.45, 2.75) is 52.5 Å². The molecule has 4 heteroatoms. The minimum atomic E-state index is -0.515. The third-order valence-corrected chi connectivity index (χ3v) is 5.08. The van der Waals surface area contributed by atoms with E-state index in [-0.39, 0.29) is 6.15 Å². The van der Waals surface area contributed by atoms with Gasteiger partial charge in [-0.15, -0.1) is 11.6 Å². The van der Waals surface area contributed by atoms with Crippen molar-refractivity contribution in [2.75, 3.05) is 13.2 Å². The zero-order chi connectivity index (χ0) is 19.2. The first-order chi connectivity index (χ1) is 12.4. The van der Waals surface area contributed by atoms with Crippen molar-refractivity contribution in [3.8, 4) is 5.75 Å². The average molecular weight is 392 g/mol. The highest BCUT2D eigenvalue weighted by atomic mass is 35.5. The lowest BCUT2D eigenvalue weighted by Crippen LogP contribution is -2.40. The minimum absolute atomic E-state index is 0. The fourth-order valence-electron chi connectivity index (χ4n) is 3.68. The molecule has 3 N–H and O–H groups in total. The Morgan fingerprint density at radius 3 is 2.26 bits per heavy atom. The van der Waals surface area contributed by atoms with E-state index in [1.807, 2.05) is 37.3 Å². The molecule has 150 valence electrons. The number of hydrogen-bond donors (Lipinski definition) is 1. The van der Waals surface area contributed by atoms with Crippen molar-refractivity contribution in [1.82, 2.24) is 6.15 Å². The van der Waals surface area contributed by atoms with Crippen LogP contribution in [0.5, 0.6) is 5.75 Å². The zero-order valence-electron chi connectivity index (χ0n) is 17.3. The highest BCUT2D eigenvalue weighted by Gasteiger charge is 2.38. The summed E-state index contributed by atoms with van der Waals surface area (Å²) in [6, 6.07) is 14.2. The Bertz CT molecular complexity index is 703. The van der Waals surface area contributed by atoms with Gasteiger partial charge in [-0.25, -0.2) is 0 Å². The predicted octanol–water partition coefficient (Wildman–Crippen LogP) is 6.56. The maximum atomic E-state index is 6.44. The molecule has 0 spiro atoms. The van der Waals surface area contributed by atoms with Crippen LogP contribution in [0.4, 0.5) is 0 Å². The summed E-state index contributed by atoms with van der Waals surface area (Å²) in [7, 11) is 0. The van der Waals surface area contributed by atoms with Crippen molar-refractivity contribution < 1.29 is 9.47 Å². The van der Waals surface area contributed by atoms with Gasteiger partial charge in [0.1, 0.15) is 18.0 Å². The van der Waals surface area contributed by atoms with E-state index in [1.165, 1.54) is 16.7 Å². The first-order valence-electron chi connectivity index (χ1n) is 9.40. The average Bonchev–Trinajstić information content (AvgIpc) is 2.62. The van der Waals surface area contributed by atoms with Gasteiger partial charge < -0.3 is 15.6 Å². The van der Waals surface area contributed by atoms with E-state index in [1.54, 1.807) is 0 Å². The number of halogens is 1. The van der Waals surface area contributed by atoms with Crippen molar-refractivity contribution in [3.63, 3.8) is 0 Å². The maximum absolute atomic E-state index is 6.44. The van der Waals surface area contributed by atoms with Crippen LogP contribution in [0.15, 0.2) is 42.5 Å². The summed E-state index contributed by atoms with van der Waals surface area (Å²) in [6.07, 6.45) is 0.877. The number of alkyl halides is 1. The SMILES string of the molecule is CCOC(COc1ccccc1)(CC(C)C)c1c(CCl)ccc(C)c1C.N. The molecular formula is C23H34ClNO2. The van der Waals surface area contributed by atoms with Gasteiger partial charge in [0.25, 0.3) is 0 Å². The molecule has 0 heterocycles. The van der Waals surface area contributed by atoms with Crippen LogP contribution in [0.25, 0.3) is 0 Å². The lowest BCUT2D eigenvalue weighted by atomic mass is 9.80. The van der Waals surface area contributed by atoms with E-state index >= 15 is 0 Å². The Morgan fingerprint density at radius 2 is 1.70 bits per heavy atom. The van der Waals surface area contributed by atoms with E-state index < -0.39 is 5.60 Å². The topological polar surface area (TPSA) is 53.5 Å². The van der Waals surface area contributed by atoms with Gasteiger partial charge in [-0.2, -0.15) is 0 Å². The Balaban J connectivity index is 0.00000364. The highest BCUT2D eigenvalue weighted by Crippen LogP contribution is 2.39. The first kappa shape index (κ1) is 23.5. The molecule has 1 atom stereocenters. The summed E-state index contributed by atoms with van der Waals surface area (Å²) in [5.41, 5.74) is 4.30. The van der Waals surface area contributed by atoms with Gasteiger partial charge >= 0.3 is 0 Å². The molecule has 2 rings (SSSR count). The van der Waals surface area contributed by atoms with Crippen molar-refractivity contribution in [2.24, 2.45) is 5.92 Å². The highest BCUT2D eigenvalue weighted by molar-refractivity contribution is 6.17. The molecule has 0 aliphatic carbocycles. The molecule has 0 radical (unpaired) electrons. The summed E-state index contributed by atoms with van der Waals surface area (Å²) in [5.74, 6) is 1.79. The third-order valence-electron chi connectivity index (χ3n) is 4.80. The van der Waals surface area contributed by atoms with Crippen molar-refractivity contribution in [3.05, 3.63) is 64.7 Å². The Morgan fingerprint density at radius 1 is 1.04 bits per heavy atom. The van der Waals surface area contributed by atoms with Crippen LogP contribution in [0.3, 0.4) is 0 Å². The number of rotatable bonds is 9. The van der Waals surface area contributed by atoms with Crippen LogP contribution in [-0.2, 0) is 16.2 Å². The van der Waals surface area contributed by atoms with Gasteiger partial charge in [0.15, 0.2) is 0 Å². The molecule has 0 amide bonds. The van der Waals surface area contributed by atoms with Crippen molar-refractivity contribution in [1.29, 1.82) is 0 Å². The molecule has 0 aromatic heterocycles.